The number of allylic oxidation sites excluding steroid dienone is 2. The summed E-state index contributed by atoms with van der Waals surface area (Å²) in [5, 5.41) is 0.642. The van der Waals surface area contributed by atoms with Crippen LogP contribution in [0, 0.1) is 0 Å². The van der Waals surface area contributed by atoms with Gasteiger partial charge in [0.15, 0.2) is 0 Å². The number of benzene rings is 7. The molecule has 4 heterocycles. The van der Waals surface area contributed by atoms with Crippen LogP contribution in [0.15, 0.2) is 193 Å². The van der Waals surface area contributed by atoms with Crippen LogP contribution in [0.4, 0.5) is 0 Å². The van der Waals surface area contributed by atoms with Crippen molar-refractivity contribution >= 4 is 127 Å². The number of thiazole rings is 2. The quantitative estimate of drug-likeness (QED) is 0.0334. The minimum atomic E-state index is -2.78. The average Bonchev–Trinajstić information content (AvgIpc) is 1.27. The number of ether oxygens (including phenoxy) is 6. The lowest BCUT2D eigenvalue weighted by atomic mass is 9.79. The Kier molecular flexibility index (Phi) is 14.5. The number of fused-ring (bicyclic) bond motifs is 8. The zero-order valence-electron chi connectivity index (χ0n) is 43.7. The highest BCUT2D eigenvalue weighted by Gasteiger charge is 2.63. The Morgan fingerprint density at radius 2 is 0.655 bits per heavy atom. The van der Waals surface area contributed by atoms with E-state index in [0.717, 1.165) is 44.9 Å². The molecule has 0 fully saturated rings. The number of thiocarbonyl (C=S) groups is 4. The molecule has 0 unspecified atom stereocenters. The SMILES string of the molecule is O=C(OCc1ccccc1)C1(C(=O)OCc2ccccc2)Oc2nc(C=C3C(=S)c4ccccc4C3=S)sc2-c2cc3c(cc21)-c1sc(C=C2C(=S)c4ccccc4C2=S)nc1OC3(C(=O)OCc1ccccc1)C(=O)OCc1ccccc1. The standard InChI is InChI=1S/C66H40N2O10S6/c69-61(73-33-37-17-5-1-6-18-37)65(62(70)74-34-38-19-7-2-8-20-38)49-29-46-50(30-45(49)57-59(77-65)67-51(83-57)31-47-53(79)41-25-13-14-26-42(41)54(47)80)66(63(71)75-35-39-21-9-3-10-22-39,64(72)76-36-40-23-11-4-12-24-40)78-60-58(46)84-52(68-60)32-48-55(81)43-27-15-16-28-44(43)56(48)82/h1-32H,33-36H2. The predicted molar refractivity (Wildman–Crippen MR) is 334 cm³/mol. The van der Waals surface area contributed by atoms with Gasteiger partial charge < -0.3 is 28.4 Å². The summed E-state index contributed by atoms with van der Waals surface area (Å²) >= 11 is 26.2. The minimum Gasteiger partial charge on any atom is -0.457 e. The summed E-state index contributed by atoms with van der Waals surface area (Å²) < 4.78 is 38.3. The molecular weight excluding hydrogens is 1170 g/mol. The van der Waals surface area contributed by atoms with Gasteiger partial charge in [-0.2, -0.15) is 0 Å². The molecule has 12 nitrogen and oxygen atoms in total. The Hall–Kier alpha value is -8.88. The smallest absolute Gasteiger partial charge is 0.367 e. The molecule has 0 amide bonds. The van der Waals surface area contributed by atoms with Crippen LogP contribution in [-0.2, 0) is 75.8 Å². The van der Waals surface area contributed by atoms with E-state index >= 15 is 19.2 Å². The van der Waals surface area contributed by atoms with Gasteiger partial charge in [-0.05, 0) is 46.5 Å². The lowest BCUT2D eigenvalue weighted by molar-refractivity contribution is -0.185. The molecule has 2 aliphatic carbocycles. The second-order valence-electron chi connectivity index (χ2n) is 19.7. The lowest BCUT2D eigenvalue weighted by Gasteiger charge is -2.38. The summed E-state index contributed by atoms with van der Waals surface area (Å²) in [4.78, 5) is 75.0. The average molecular weight is 1210 g/mol. The van der Waals surface area contributed by atoms with Gasteiger partial charge in [0.05, 0.1) is 29.2 Å². The first-order valence-corrected chi connectivity index (χ1v) is 29.4. The highest BCUT2D eigenvalue weighted by molar-refractivity contribution is 7.84. The number of hydrogen-bond donors (Lipinski definition) is 0. The fourth-order valence-electron chi connectivity index (χ4n) is 10.3. The highest BCUT2D eigenvalue weighted by Crippen LogP contribution is 2.57. The number of carbonyl (C=O) groups is 4. The van der Waals surface area contributed by atoms with Crippen LogP contribution in [0.1, 0.15) is 65.6 Å². The van der Waals surface area contributed by atoms with E-state index in [9.17, 15) is 0 Å². The van der Waals surface area contributed by atoms with Crippen LogP contribution < -0.4 is 9.47 Å². The van der Waals surface area contributed by atoms with E-state index in [1.807, 2.05) is 72.8 Å². The number of aromatic nitrogens is 2. The number of nitrogens with zero attached hydrogens (tertiary/aromatic N) is 2. The van der Waals surface area contributed by atoms with Crippen LogP contribution in [0.5, 0.6) is 11.8 Å². The van der Waals surface area contributed by atoms with E-state index in [0.29, 0.717) is 62.9 Å². The summed E-state index contributed by atoms with van der Waals surface area (Å²) in [5.74, 6) is -4.98. The lowest BCUT2D eigenvalue weighted by Crippen LogP contribution is -2.54. The predicted octanol–water partition coefficient (Wildman–Crippen LogP) is 13.1. The molecule has 0 saturated carbocycles. The van der Waals surface area contributed by atoms with Crippen molar-refractivity contribution in [3.63, 3.8) is 0 Å². The third kappa shape index (κ3) is 9.59. The van der Waals surface area contributed by atoms with Crippen molar-refractivity contribution in [3.05, 3.63) is 259 Å². The van der Waals surface area contributed by atoms with E-state index < -0.39 is 35.1 Å². The number of esters is 4. The van der Waals surface area contributed by atoms with E-state index in [1.165, 1.54) is 12.1 Å². The summed E-state index contributed by atoms with van der Waals surface area (Å²) in [7, 11) is 0. The topological polar surface area (TPSA) is 149 Å². The first kappa shape index (κ1) is 54.4. The van der Waals surface area contributed by atoms with Crippen LogP contribution in [-0.4, -0.2) is 53.3 Å². The van der Waals surface area contributed by atoms with Gasteiger partial charge in [0.25, 0.3) is 0 Å². The Labute approximate surface area is 510 Å². The van der Waals surface area contributed by atoms with Gasteiger partial charge in [-0.25, -0.2) is 29.1 Å². The Balaban J connectivity index is 1.05. The maximum Gasteiger partial charge on any atom is 0.367 e. The van der Waals surface area contributed by atoms with E-state index in [-0.39, 0.29) is 70.2 Å². The molecule has 410 valence electrons. The molecular formula is C66H40N2O10S6. The summed E-state index contributed by atoms with van der Waals surface area (Å²) in [5.41, 5.74) is 1.22. The number of rotatable bonds is 14. The molecule has 2 aliphatic heterocycles. The van der Waals surface area contributed by atoms with Crippen molar-refractivity contribution in [1.29, 1.82) is 0 Å². The third-order valence-corrected chi connectivity index (χ3v) is 18.3. The maximum absolute atomic E-state index is 15.6. The number of hydrogen-bond acceptors (Lipinski definition) is 18. The van der Waals surface area contributed by atoms with Crippen LogP contribution >= 0.6 is 71.5 Å². The highest BCUT2D eigenvalue weighted by atomic mass is 32.1. The molecule has 0 radical (unpaired) electrons. The Morgan fingerprint density at radius 1 is 0.393 bits per heavy atom. The van der Waals surface area contributed by atoms with Crippen LogP contribution in [0.2, 0.25) is 0 Å². The van der Waals surface area contributed by atoms with Crippen LogP contribution in [0.25, 0.3) is 33.0 Å². The molecule has 0 spiro atoms. The molecule has 4 aliphatic rings. The van der Waals surface area contributed by atoms with Gasteiger partial charge in [-0.3, -0.25) is 0 Å². The van der Waals surface area contributed by atoms with E-state index in [4.69, 9.17) is 87.3 Å². The molecule has 9 aromatic rings. The molecule has 2 aromatic heterocycles. The fourth-order valence-corrected chi connectivity index (χ4v) is 13.8. The molecule has 0 N–H and O–H groups in total. The molecule has 18 heteroatoms. The van der Waals surface area contributed by atoms with Gasteiger partial charge in [-0.15, -0.1) is 22.7 Å². The van der Waals surface area contributed by atoms with Gasteiger partial charge >= 0.3 is 35.1 Å². The molecule has 84 heavy (non-hydrogen) atoms. The molecule has 0 atom stereocenters. The van der Waals surface area contributed by atoms with Gasteiger partial charge in [0.1, 0.15) is 36.4 Å². The Morgan fingerprint density at radius 3 is 0.929 bits per heavy atom. The van der Waals surface area contributed by atoms with Crippen molar-refractivity contribution < 1.29 is 47.6 Å². The van der Waals surface area contributed by atoms with Crippen molar-refractivity contribution in [2.24, 2.45) is 0 Å². The number of carbonyl (C=O) groups excluding carboxylic acids is 4. The molecule has 7 aromatic carbocycles. The molecule has 13 rings (SSSR count). The van der Waals surface area contributed by atoms with Gasteiger partial charge in [0.2, 0.25) is 11.8 Å². The van der Waals surface area contributed by atoms with E-state index in [2.05, 4.69) is 0 Å². The second-order valence-corrected chi connectivity index (χ2v) is 23.3. The van der Waals surface area contributed by atoms with E-state index in [1.54, 1.807) is 109 Å². The Bertz CT molecular complexity index is 3870. The van der Waals surface area contributed by atoms with Crippen molar-refractivity contribution in [3.8, 4) is 32.6 Å². The van der Waals surface area contributed by atoms with Crippen molar-refractivity contribution in [1.82, 2.24) is 9.97 Å². The maximum atomic E-state index is 15.6. The zero-order chi connectivity index (χ0) is 57.7. The van der Waals surface area contributed by atoms with Crippen molar-refractivity contribution in [2.45, 2.75) is 37.6 Å². The summed E-state index contributed by atoms with van der Waals surface area (Å²) in [6.45, 7) is -1.13. The first-order chi connectivity index (χ1) is 40.9. The minimum absolute atomic E-state index is 0.0778. The first-order valence-electron chi connectivity index (χ1n) is 26.2. The van der Waals surface area contributed by atoms with Gasteiger partial charge in [-0.1, -0.05) is 219 Å². The van der Waals surface area contributed by atoms with Crippen LogP contribution in [0.3, 0.4) is 0 Å². The second kappa shape index (κ2) is 22.4. The monoisotopic (exact) mass is 1210 g/mol. The zero-order valence-corrected chi connectivity index (χ0v) is 48.6. The summed E-state index contributed by atoms with van der Waals surface area (Å²) in [6, 6.07) is 53.8. The molecule has 0 bridgehead atoms. The molecule has 0 saturated heterocycles. The van der Waals surface area contributed by atoms with Gasteiger partial charge in [0, 0.05) is 55.7 Å². The largest absolute Gasteiger partial charge is 0.457 e. The fraction of sp³-hybridized carbons (Fsp3) is 0.0909. The summed E-state index contributed by atoms with van der Waals surface area (Å²) in [6.07, 6.45) is 3.46. The third-order valence-electron chi connectivity index (χ3n) is 14.5. The normalized spacial score (nSPS) is 14.5. The van der Waals surface area contributed by atoms with Crippen molar-refractivity contribution in [2.75, 3.05) is 0 Å².